The molecule has 0 aliphatic carbocycles. The summed E-state index contributed by atoms with van der Waals surface area (Å²) in [7, 11) is 0. The van der Waals surface area contributed by atoms with Crippen molar-refractivity contribution in [1.29, 1.82) is 0 Å². The first-order chi connectivity index (χ1) is 8.66. The van der Waals surface area contributed by atoms with Crippen LogP contribution in [-0.4, -0.2) is 62.3 Å². The Morgan fingerprint density at radius 3 is 1.79 bits per heavy atom. The maximum absolute atomic E-state index is 5.75. The number of nitrogens with zero attached hydrogens (tertiary/aromatic N) is 2. The molecule has 1 aliphatic rings. The molecule has 0 N–H and O–H groups in total. The summed E-state index contributed by atoms with van der Waals surface area (Å²) < 4.78 is 5.75. The van der Waals surface area contributed by atoms with Gasteiger partial charge in [-0.2, -0.15) is 0 Å². The summed E-state index contributed by atoms with van der Waals surface area (Å²) >= 11 is 0. The number of rotatable bonds is 5. The molecular formula is C16H34N2O. The van der Waals surface area contributed by atoms with Gasteiger partial charge >= 0.3 is 0 Å². The monoisotopic (exact) mass is 270 g/mol. The van der Waals surface area contributed by atoms with Gasteiger partial charge in [0, 0.05) is 39.3 Å². The van der Waals surface area contributed by atoms with Gasteiger partial charge in [-0.25, -0.2) is 0 Å². The van der Waals surface area contributed by atoms with Gasteiger partial charge in [0.15, 0.2) is 0 Å². The maximum Gasteiger partial charge on any atom is 0.0593 e. The molecular weight excluding hydrogens is 236 g/mol. The van der Waals surface area contributed by atoms with Gasteiger partial charge in [-0.05, 0) is 10.8 Å². The highest BCUT2D eigenvalue weighted by molar-refractivity contribution is 4.76. The van der Waals surface area contributed by atoms with E-state index in [0.717, 1.165) is 19.8 Å². The first-order valence-electron chi connectivity index (χ1n) is 7.68. The van der Waals surface area contributed by atoms with E-state index in [1.54, 1.807) is 0 Å². The SMILES string of the molecule is CC(C)(C)COCCN1CCN(CC(C)(C)C)CC1. The molecule has 1 rings (SSSR count). The summed E-state index contributed by atoms with van der Waals surface area (Å²) in [5.41, 5.74) is 0.698. The third-order valence-electron chi connectivity index (χ3n) is 3.25. The van der Waals surface area contributed by atoms with E-state index in [9.17, 15) is 0 Å². The van der Waals surface area contributed by atoms with Crippen molar-refractivity contribution < 1.29 is 4.74 Å². The molecule has 19 heavy (non-hydrogen) atoms. The lowest BCUT2D eigenvalue weighted by Gasteiger charge is -2.37. The molecule has 1 heterocycles. The van der Waals surface area contributed by atoms with Crippen molar-refractivity contribution in [3.05, 3.63) is 0 Å². The van der Waals surface area contributed by atoms with Gasteiger partial charge in [0.25, 0.3) is 0 Å². The largest absolute Gasteiger partial charge is 0.380 e. The van der Waals surface area contributed by atoms with Gasteiger partial charge in [-0.15, -0.1) is 0 Å². The Balaban J connectivity index is 2.10. The van der Waals surface area contributed by atoms with Gasteiger partial charge < -0.3 is 9.64 Å². The molecule has 0 radical (unpaired) electrons. The zero-order valence-electron chi connectivity index (χ0n) is 14.0. The zero-order chi connectivity index (χ0) is 14.5. The zero-order valence-corrected chi connectivity index (χ0v) is 14.0. The normalized spacial score (nSPS) is 19.9. The fourth-order valence-electron chi connectivity index (χ4n) is 2.41. The quantitative estimate of drug-likeness (QED) is 0.714. The minimum absolute atomic E-state index is 0.283. The smallest absolute Gasteiger partial charge is 0.0593 e. The first-order valence-corrected chi connectivity index (χ1v) is 7.68. The van der Waals surface area contributed by atoms with Gasteiger partial charge in [0.2, 0.25) is 0 Å². The van der Waals surface area contributed by atoms with Crippen LogP contribution < -0.4 is 0 Å². The average Bonchev–Trinajstić information content (AvgIpc) is 2.23. The molecule has 0 aromatic heterocycles. The van der Waals surface area contributed by atoms with E-state index < -0.39 is 0 Å². The van der Waals surface area contributed by atoms with Crippen LogP contribution in [-0.2, 0) is 4.74 Å². The van der Waals surface area contributed by atoms with Crippen LogP contribution in [0.5, 0.6) is 0 Å². The van der Waals surface area contributed by atoms with E-state index in [2.05, 4.69) is 51.3 Å². The summed E-state index contributed by atoms with van der Waals surface area (Å²) in [5.74, 6) is 0. The van der Waals surface area contributed by atoms with Gasteiger partial charge in [-0.1, -0.05) is 41.5 Å². The molecule has 1 saturated heterocycles. The lowest BCUT2D eigenvalue weighted by molar-refractivity contribution is 0.0383. The van der Waals surface area contributed by atoms with Crippen LogP contribution in [0, 0.1) is 10.8 Å². The lowest BCUT2D eigenvalue weighted by Crippen LogP contribution is -2.49. The van der Waals surface area contributed by atoms with Crippen molar-refractivity contribution in [3.8, 4) is 0 Å². The second kappa shape index (κ2) is 7.05. The first kappa shape index (κ1) is 16.9. The predicted molar refractivity (Wildman–Crippen MR) is 82.6 cm³/mol. The second-order valence-electron chi connectivity index (χ2n) is 8.29. The topological polar surface area (TPSA) is 15.7 Å². The second-order valence-corrected chi connectivity index (χ2v) is 8.29. The van der Waals surface area contributed by atoms with Gasteiger partial charge in [0.05, 0.1) is 13.2 Å². The molecule has 3 nitrogen and oxygen atoms in total. The molecule has 0 bridgehead atoms. The molecule has 0 amide bonds. The Bertz CT molecular complexity index is 242. The molecule has 0 aromatic rings. The number of hydrogen-bond acceptors (Lipinski definition) is 3. The molecule has 1 aliphatic heterocycles. The summed E-state index contributed by atoms with van der Waals surface area (Å²) in [6, 6.07) is 0. The fraction of sp³-hybridized carbons (Fsp3) is 1.00. The van der Waals surface area contributed by atoms with E-state index in [4.69, 9.17) is 4.74 Å². The van der Waals surface area contributed by atoms with E-state index in [0.29, 0.717) is 5.41 Å². The van der Waals surface area contributed by atoms with Crippen LogP contribution >= 0.6 is 0 Å². The van der Waals surface area contributed by atoms with Crippen LogP contribution in [0.2, 0.25) is 0 Å². The maximum atomic E-state index is 5.75. The highest BCUT2D eigenvalue weighted by Gasteiger charge is 2.21. The van der Waals surface area contributed by atoms with Crippen LogP contribution in [0.1, 0.15) is 41.5 Å². The molecule has 0 unspecified atom stereocenters. The highest BCUT2D eigenvalue weighted by Crippen LogP contribution is 2.16. The van der Waals surface area contributed by atoms with Crippen LogP contribution in [0.3, 0.4) is 0 Å². The third-order valence-corrected chi connectivity index (χ3v) is 3.25. The number of piperazine rings is 1. The lowest BCUT2D eigenvalue weighted by atomic mass is 9.96. The van der Waals surface area contributed by atoms with Crippen molar-refractivity contribution in [2.75, 3.05) is 52.5 Å². The molecule has 0 atom stereocenters. The fourth-order valence-corrected chi connectivity index (χ4v) is 2.41. The van der Waals surface area contributed by atoms with Crippen LogP contribution in [0.15, 0.2) is 0 Å². The van der Waals surface area contributed by atoms with E-state index in [-0.39, 0.29) is 5.41 Å². The van der Waals surface area contributed by atoms with Crippen molar-refractivity contribution in [3.63, 3.8) is 0 Å². The third kappa shape index (κ3) is 8.61. The van der Waals surface area contributed by atoms with E-state index in [1.165, 1.54) is 32.7 Å². The van der Waals surface area contributed by atoms with Gasteiger partial charge in [-0.3, -0.25) is 4.90 Å². The predicted octanol–water partition coefficient (Wildman–Crippen LogP) is 2.71. The summed E-state index contributed by atoms with van der Waals surface area (Å²) in [6.45, 7) is 22.4. The summed E-state index contributed by atoms with van der Waals surface area (Å²) in [5, 5.41) is 0. The Morgan fingerprint density at radius 1 is 0.789 bits per heavy atom. The standard InChI is InChI=1S/C16H34N2O/c1-15(2,3)13-18-9-7-17(8-10-18)11-12-19-14-16(4,5)6/h7-14H2,1-6H3. The van der Waals surface area contributed by atoms with Crippen molar-refractivity contribution >= 4 is 0 Å². The van der Waals surface area contributed by atoms with Crippen LogP contribution in [0.25, 0.3) is 0 Å². The highest BCUT2D eigenvalue weighted by atomic mass is 16.5. The molecule has 0 aromatic carbocycles. The molecule has 3 heteroatoms. The van der Waals surface area contributed by atoms with E-state index in [1.807, 2.05) is 0 Å². The molecule has 114 valence electrons. The van der Waals surface area contributed by atoms with Crippen LogP contribution in [0.4, 0.5) is 0 Å². The molecule has 0 spiro atoms. The number of hydrogen-bond donors (Lipinski definition) is 0. The Hall–Kier alpha value is -0.120. The average molecular weight is 270 g/mol. The minimum Gasteiger partial charge on any atom is -0.380 e. The van der Waals surface area contributed by atoms with Gasteiger partial charge in [0.1, 0.15) is 0 Å². The van der Waals surface area contributed by atoms with Crippen molar-refractivity contribution in [2.45, 2.75) is 41.5 Å². The molecule has 0 saturated carbocycles. The van der Waals surface area contributed by atoms with Crippen molar-refractivity contribution in [2.24, 2.45) is 10.8 Å². The Kier molecular flexibility index (Phi) is 6.28. The minimum atomic E-state index is 0.283. The summed E-state index contributed by atoms with van der Waals surface area (Å²) in [6.07, 6.45) is 0. The van der Waals surface area contributed by atoms with E-state index >= 15 is 0 Å². The number of ether oxygens (including phenoxy) is 1. The Morgan fingerprint density at radius 2 is 1.32 bits per heavy atom. The summed E-state index contributed by atoms with van der Waals surface area (Å²) in [4.78, 5) is 5.12. The Labute approximate surface area is 120 Å². The van der Waals surface area contributed by atoms with Crippen molar-refractivity contribution in [1.82, 2.24) is 9.80 Å². The molecule has 1 fully saturated rings.